The number of urea groups is 1. The van der Waals surface area contributed by atoms with E-state index in [1.54, 1.807) is 24.6 Å². The van der Waals surface area contributed by atoms with Gasteiger partial charge in [0, 0.05) is 30.5 Å². The molecule has 1 unspecified atom stereocenters. The van der Waals surface area contributed by atoms with E-state index in [0.717, 1.165) is 31.6 Å². The molecule has 2 amide bonds. The molecule has 0 bridgehead atoms. The lowest BCUT2D eigenvalue weighted by Gasteiger charge is -2.36. The number of allylic oxidation sites excluding steroid dienone is 1. The van der Waals surface area contributed by atoms with Gasteiger partial charge in [0.25, 0.3) is 0 Å². The van der Waals surface area contributed by atoms with E-state index in [2.05, 4.69) is 15.2 Å². The fourth-order valence-corrected chi connectivity index (χ4v) is 3.38. The number of nitrogens with one attached hydrogen (secondary N) is 1. The number of anilines is 2. The van der Waals surface area contributed by atoms with Crippen LogP contribution in [0, 0.1) is 5.92 Å². The third-order valence-corrected chi connectivity index (χ3v) is 4.95. The van der Waals surface area contributed by atoms with Gasteiger partial charge in [-0.3, -0.25) is 9.89 Å². The first kappa shape index (κ1) is 17.8. The lowest BCUT2D eigenvalue weighted by atomic mass is 9.92. The second kappa shape index (κ2) is 7.89. The van der Waals surface area contributed by atoms with Gasteiger partial charge in [0.05, 0.1) is 17.5 Å². The predicted octanol–water partition coefficient (Wildman–Crippen LogP) is 3.33. The summed E-state index contributed by atoms with van der Waals surface area (Å²) >= 11 is 6.14. The lowest BCUT2D eigenvalue weighted by molar-refractivity contribution is 0.110. The molecule has 6 nitrogen and oxygen atoms in total. The number of benzene rings is 1. The van der Waals surface area contributed by atoms with Gasteiger partial charge in [-0.15, -0.1) is 0 Å². The van der Waals surface area contributed by atoms with Crippen LogP contribution in [0.5, 0.6) is 0 Å². The lowest BCUT2D eigenvalue weighted by Crippen LogP contribution is -2.38. The number of rotatable bonds is 3. The molecular weight excluding hydrogens is 340 g/mol. The van der Waals surface area contributed by atoms with E-state index in [-0.39, 0.29) is 12.1 Å². The van der Waals surface area contributed by atoms with Gasteiger partial charge in [-0.05, 0) is 50.0 Å². The molecule has 7 heteroatoms. The quantitative estimate of drug-likeness (QED) is 0.866. The first-order valence-corrected chi connectivity index (χ1v) is 8.89. The first-order chi connectivity index (χ1) is 12.0. The van der Waals surface area contributed by atoms with Gasteiger partial charge < -0.3 is 15.3 Å². The monoisotopic (exact) mass is 362 g/mol. The summed E-state index contributed by atoms with van der Waals surface area (Å²) in [4.78, 5) is 20.3. The van der Waals surface area contributed by atoms with Crippen LogP contribution >= 0.6 is 11.6 Å². The molecule has 1 aromatic rings. The average Bonchev–Trinajstić information content (AvgIpc) is 2.63. The molecule has 0 saturated carbocycles. The summed E-state index contributed by atoms with van der Waals surface area (Å²) < 4.78 is 0. The van der Waals surface area contributed by atoms with Crippen LogP contribution in [0.2, 0.25) is 5.02 Å². The summed E-state index contributed by atoms with van der Waals surface area (Å²) in [6, 6.07) is 5.30. The number of halogens is 1. The Hall–Kier alpha value is -2.05. The van der Waals surface area contributed by atoms with Gasteiger partial charge in [-0.2, -0.15) is 0 Å². The molecule has 3 rings (SSSR count). The number of aliphatic imine (C=N–C) groups is 1. The van der Waals surface area contributed by atoms with Crippen molar-refractivity contribution in [2.24, 2.45) is 10.9 Å². The summed E-state index contributed by atoms with van der Waals surface area (Å²) in [7, 11) is 0. The predicted molar refractivity (Wildman–Crippen MR) is 101 cm³/mol. The highest BCUT2D eigenvalue weighted by Crippen LogP contribution is 2.33. The Labute approximate surface area is 152 Å². The molecule has 134 valence electrons. The maximum atomic E-state index is 12.5. The van der Waals surface area contributed by atoms with Crippen molar-refractivity contribution in [3.8, 4) is 0 Å². The summed E-state index contributed by atoms with van der Waals surface area (Å²) in [6.45, 7) is 3.84. The van der Waals surface area contributed by atoms with E-state index >= 15 is 0 Å². The highest BCUT2D eigenvalue weighted by atomic mass is 35.5. The number of hydrogen-bond acceptors (Lipinski definition) is 4. The zero-order valence-corrected chi connectivity index (χ0v) is 15.0. The number of amides is 2. The maximum absolute atomic E-state index is 12.5. The summed E-state index contributed by atoms with van der Waals surface area (Å²) in [5.41, 5.74) is 1.64. The molecule has 1 fully saturated rings. The van der Waals surface area contributed by atoms with Crippen molar-refractivity contribution in [2.45, 2.75) is 25.9 Å². The number of hydrogen-bond donors (Lipinski definition) is 2. The highest BCUT2D eigenvalue weighted by Gasteiger charge is 2.25. The largest absolute Gasteiger partial charge is 0.393 e. The number of carbonyl (C=O) groups excluding carboxylic acids is 1. The van der Waals surface area contributed by atoms with Crippen molar-refractivity contribution in [1.82, 2.24) is 4.90 Å². The normalized spacial score (nSPS) is 19.2. The van der Waals surface area contributed by atoms with E-state index in [1.807, 2.05) is 19.1 Å². The van der Waals surface area contributed by atoms with Crippen molar-refractivity contribution < 1.29 is 9.90 Å². The molecule has 2 aliphatic heterocycles. The van der Waals surface area contributed by atoms with Crippen LogP contribution in [0.1, 0.15) is 19.8 Å². The van der Waals surface area contributed by atoms with Crippen molar-refractivity contribution >= 4 is 35.2 Å². The van der Waals surface area contributed by atoms with E-state index in [0.29, 0.717) is 23.3 Å². The van der Waals surface area contributed by atoms with Crippen LogP contribution in [-0.4, -0.2) is 48.1 Å². The molecule has 2 heterocycles. The third kappa shape index (κ3) is 4.32. The van der Waals surface area contributed by atoms with Crippen LogP contribution in [0.15, 0.2) is 35.5 Å². The van der Waals surface area contributed by atoms with Crippen molar-refractivity contribution in [1.29, 1.82) is 0 Å². The summed E-state index contributed by atoms with van der Waals surface area (Å²) in [6.07, 6.45) is 6.66. The second-order valence-corrected chi connectivity index (χ2v) is 6.88. The Bertz CT molecular complexity index is 682. The van der Waals surface area contributed by atoms with Gasteiger partial charge in [-0.25, -0.2) is 4.79 Å². The zero-order valence-electron chi connectivity index (χ0n) is 14.2. The van der Waals surface area contributed by atoms with Crippen molar-refractivity contribution in [3.63, 3.8) is 0 Å². The topological polar surface area (TPSA) is 68.2 Å². The Balaban J connectivity index is 1.73. The van der Waals surface area contributed by atoms with Crippen molar-refractivity contribution in [3.05, 3.63) is 35.5 Å². The third-order valence-electron chi connectivity index (χ3n) is 4.72. The van der Waals surface area contributed by atoms with Crippen LogP contribution in [0.4, 0.5) is 16.2 Å². The van der Waals surface area contributed by atoms with Gasteiger partial charge in [0.2, 0.25) is 0 Å². The smallest absolute Gasteiger partial charge is 0.327 e. The van der Waals surface area contributed by atoms with Crippen molar-refractivity contribution in [2.75, 3.05) is 30.0 Å². The molecule has 2 aliphatic rings. The van der Waals surface area contributed by atoms with Crippen LogP contribution in [-0.2, 0) is 0 Å². The molecule has 0 spiro atoms. The number of piperidine rings is 1. The second-order valence-electron chi connectivity index (χ2n) is 6.44. The van der Waals surface area contributed by atoms with Gasteiger partial charge >= 0.3 is 6.03 Å². The fourth-order valence-electron chi connectivity index (χ4n) is 3.21. The average molecular weight is 363 g/mol. The van der Waals surface area contributed by atoms with E-state index in [1.165, 1.54) is 4.90 Å². The highest BCUT2D eigenvalue weighted by molar-refractivity contribution is 6.31. The minimum Gasteiger partial charge on any atom is -0.393 e. The van der Waals surface area contributed by atoms with E-state index < -0.39 is 0 Å². The molecule has 1 atom stereocenters. The molecule has 25 heavy (non-hydrogen) atoms. The molecule has 1 aromatic carbocycles. The van der Waals surface area contributed by atoms with Crippen LogP contribution in [0.25, 0.3) is 0 Å². The van der Waals surface area contributed by atoms with E-state index in [4.69, 9.17) is 11.6 Å². The maximum Gasteiger partial charge on any atom is 0.327 e. The SMILES string of the molecule is CC(O)C1CCN(c2ccc(Cl)cc2NC(=O)N2C=CC=NC2)CC1. The Morgan fingerprint density at radius 1 is 1.40 bits per heavy atom. The molecule has 2 N–H and O–H groups in total. The fraction of sp³-hybridized carbons (Fsp3) is 0.444. The van der Waals surface area contributed by atoms with Gasteiger partial charge in [0.1, 0.15) is 6.67 Å². The van der Waals surface area contributed by atoms with E-state index in [9.17, 15) is 9.90 Å². The first-order valence-electron chi connectivity index (χ1n) is 8.51. The number of aliphatic hydroxyl groups excluding tert-OH is 1. The molecule has 1 saturated heterocycles. The Kier molecular flexibility index (Phi) is 5.60. The molecule has 0 aliphatic carbocycles. The van der Waals surface area contributed by atoms with Gasteiger partial charge in [0.15, 0.2) is 0 Å². The Morgan fingerprint density at radius 3 is 2.80 bits per heavy atom. The summed E-state index contributed by atoms with van der Waals surface area (Å²) in [5, 5.41) is 13.3. The minimum atomic E-state index is -0.280. The van der Waals surface area contributed by atoms with Gasteiger partial charge in [-0.1, -0.05) is 11.6 Å². The zero-order chi connectivity index (χ0) is 17.8. The number of carbonyl (C=O) groups is 1. The standard InChI is InChI=1S/C18H23ClN4O2/c1-13(24)14-5-9-22(10-6-14)17-4-3-15(19)11-16(17)21-18(25)23-8-2-7-20-12-23/h2-4,7-8,11,13-14,24H,5-6,9-10,12H2,1H3,(H,21,25). The Morgan fingerprint density at radius 2 is 2.16 bits per heavy atom. The number of aliphatic hydroxyl groups is 1. The molecule has 0 radical (unpaired) electrons. The minimum absolute atomic E-state index is 0.240. The molecule has 0 aromatic heterocycles. The molecular formula is C18H23ClN4O2. The van der Waals surface area contributed by atoms with Crippen LogP contribution < -0.4 is 10.2 Å². The van der Waals surface area contributed by atoms with Crippen LogP contribution in [0.3, 0.4) is 0 Å². The summed E-state index contributed by atoms with van der Waals surface area (Å²) in [5.74, 6) is 0.331. The number of nitrogens with zero attached hydrogens (tertiary/aromatic N) is 3.